The second-order valence-electron chi connectivity index (χ2n) is 4.10. The molecule has 4 N–H and O–H groups in total. The molecule has 0 saturated carbocycles. The SMILES string of the molecule is COc1ccc(N2CC[N+](=C(N)N)CC2)cc1. The average Bonchev–Trinajstić information content (AvgIpc) is 2.39. The maximum atomic E-state index is 5.57. The van der Waals surface area contributed by atoms with E-state index in [-0.39, 0.29) is 0 Å². The van der Waals surface area contributed by atoms with Crippen molar-refractivity contribution in [2.24, 2.45) is 11.5 Å². The molecule has 0 bridgehead atoms. The second kappa shape index (κ2) is 4.95. The van der Waals surface area contributed by atoms with Crippen LogP contribution >= 0.6 is 0 Å². The van der Waals surface area contributed by atoms with E-state index in [4.69, 9.17) is 16.2 Å². The van der Waals surface area contributed by atoms with Gasteiger partial charge in [-0.2, -0.15) is 0 Å². The van der Waals surface area contributed by atoms with Crippen molar-refractivity contribution in [1.82, 2.24) is 0 Å². The minimum atomic E-state index is 0.416. The Balaban J connectivity index is 2.03. The van der Waals surface area contributed by atoms with Crippen LogP contribution < -0.4 is 21.1 Å². The highest BCUT2D eigenvalue weighted by Gasteiger charge is 2.16. The molecule has 0 amide bonds. The Bertz CT molecular complexity index is 399. The summed E-state index contributed by atoms with van der Waals surface area (Å²) in [7, 11) is 1.67. The van der Waals surface area contributed by atoms with Crippen LogP contribution in [-0.4, -0.2) is 43.8 Å². The molecular weight excluding hydrogens is 216 g/mol. The van der Waals surface area contributed by atoms with Crippen LogP contribution in [0.4, 0.5) is 5.69 Å². The van der Waals surface area contributed by atoms with Crippen LogP contribution in [0, 0.1) is 0 Å². The summed E-state index contributed by atoms with van der Waals surface area (Å²) >= 11 is 0. The molecule has 1 aromatic rings. The molecule has 1 fully saturated rings. The molecule has 0 aromatic heterocycles. The lowest BCUT2D eigenvalue weighted by atomic mass is 10.2. The zero-order chi connectivity index (χ0) is 12.3. The molecule has 92 valence electrons. The van der Waals surface area contributed by atoms with Gasteiger partial charge >= 0.3 is 5.96 Å². The van der Waals surface area contributed by atoms with E-state index in [1.165, 1.54) is 5.69 Å². The fourth-order valence-corrected chi connectivity index (χ4v) is 2.02. The third-order valence-electron chi connectivity index (χ3n) is 3.08. The van der Waals surface area contributed by atoms with E-state index in [0.717, 1.165) is 31.9 Å². The topological polar surface area (TPSA) is 67.5 Å². The first-order chi connectivity index (χ1) is 8.20. The minimum Gasteiger partial charge on any atom is -0.497 e. The molecule has 1 saturated heterocycles. The summed E-state index contributed by atoms with van der Waals surface area (Å²) in [6.45, 7) is 3.61. The van der Waals surface area contributed by atoms with E-state index in [1.807, 2.05) is 16.7 Å². The molecule has 0 radical (unpaired) electrons. The molecular formula is C12H19N4O+. The molecule has 5 nitrogen and oxygen atoms in total. The molecule has 17 heavy (non-hydrogen) atoms. The lowest BCUT2D eigenvalue weighted by Crippen LogP contribution is -2.48. The highest BCUT2D eigenvalue weighted by molar-refractivity contribution is 5.70. The summed E-state index contributed by atoms with van der Waals surface area (Å²) < 4.78 is 7.14. The number of nitrogens with two attached hydrogens (primary N) is 2. The fourth-order valence-electron chi connectivity index (χ4n) is 2.02. The van der Waals surface area contributed by atoms with Crippen molar-refractivity contribution in [1.29, 1.82) is 0 Å². The number of ether oxygens (including phenoxy) is 1. The maximum absolute atomic E-state index is 5.57. The summed E-state index contributed by atoms with van der Waals surface area (Å²) in [6.07, 6.45) is 0. The number of guanidine groups is 1. The van der Waals surface area contributed by atoms with Gasteiger partial charge in [0.05, 0.1) is 20.2 Å². The van der Waals surface area contributed by atoms with Gasteiger partial charge in [0.2, 0.25) is 0 Å². The number of hydrogen-bond acceptors (Lipinski definition) is 2. The van der Waals surface area contributed by atoms with Gasteiger partial charge in [0.25, 0.3) is 0 Å². The van der Waals surface area contributed by atoms with Crippen molar-refractivity contribution in [2.45, 2.75) is 0 Å². The highest BCUT2D eigenvalue weighted by atomic mass is 16.5. The zero-order valence-corrected chi connectivity index (χ0v) is 10.1. The first-order valence-electron chi connectivity index (χ1n) is 5.72. The van der Waals surface area contributed by atoms with Crippen molar-refractivity contribution >= 4 is 11.6 Å². The largest absolute Gasteiger partial charge is 0.497 e. The maximum Gasteiger partial charge on any atom is 0.341 e. The molecule has 5 heteroatoms. The lowest BCUT2D eigenvalue weighted by molar-refractivity contribution is -0.531. The zero-order valence-electron chi connectivity index (χ0n) is 10.1. The number of rotatable bonds is 2. The summed E-state index contributed by atoms with van der Waals surface area (Å²) in [5.74, 6) is 1.30. The number of benzene rings is 1. The Hall–Kier alpha value is -1.91. The number of anilines is 1. The van der Waals surface area contributed by atoms with E-state index in [0.29, 0.717) is 5.96 Å². The van der Waals surface area contributed by atoms with Crippen molar-refractivity contribution in [3.05, 3.63) is 24.3 Å². The fraction of sp³-hybridized carbons (Fsp3) is 0.417. The third-order valence-corrected chi connectivity index (χ3v) is 3.08. The van der Waals surface area contributed by atoms with Crippen LogP contribution in [-0.2, 0) is 0 Å². The number of nitrogens with zero attached hydrogens (tertiary/aromatic N) is 2. The van der Waals surface area contributed by atoms with Crippen molar-refractivity contribution in [3.8, 4) is 5.75 Å². The minimum absolute atomic E-state index is 0.416. The van der Waals surface area contributed by atoms with Gasteiger partial charge in [0.1, 0.15) is 5.75 Å². The molecule has 0 unspecified atom stereocenters. The third kappa shape index (κ3) is 2.61. The second-order valence-corrected chi connectivity index (χ2v) is 4.10. The van der Waals surface area contributed by atoms with E-state index >= 15 is 0 Å². The van der Waals surface area contributed by atoms with E-state index in [9.17, 15) is 0 Å². The normalized spacial score (nSPS) is 15.8. The van der Waals surface area contributed by atoms with Gasteiger partial charge in [0.15, 0.2) is 0 Å². The monoisotopic (exact) mass is 235 g/mol. The van der Waals surface area contributed by atoms with Gasteiger partial charge in [-0.05, 0) is 24.3 Å². The van der Waals surface area contributed by atoms with Crippen LogP contribution in [0.5, 0.6) is 5.75 Å². The predicted molar refractivity (Wildman–Crippen MR) is 68.6 cm³/mol. The molecule has 1 aliphatic heterocycles. The Morgan fingerprint density at radius 3 is 2.24 bits per heavy atom. The van der Waals surface area contributed by atoms with Gasteiger partial charge < -0.3 is 9.64 Å². The summed E-state index contributed by atoms with van der Waals surface area (Å²) in [6, 6.07) is 8.10. The number of methoxy groups -OCH3 is 1. The summed E-state index contributed by atoms with van der Waals surface area (Å²) in [4.78, 5) is 2.32. The van der Waals surface area contributed by atoms with Crippen molar-refractivity contribution in [3.63, 3.8) is 0 Å². The van der Waals surface area contributed by atoms with Crippen LogP contribution in [0.1, 0.15) is 0 Å². The van der Waals surface area contributed by atoms with Gasteiger partial charge in [-0.15, -0.1) is 0 Å². The molecule has 0 aliphatic carbocycles. The molecule has 0 spiro atoms. The smallest absolute Gasteiger partial charge is 0.341 e. The first-order valence-corrected chi connectivity index (χ1v) is 5.72. The molecule has 2 rings (SSSR count). The van der Waals surface area contributed by atoms with Gasteiger partial charge in [-0.3, -0.25) is 16.0 Å². The van der Waals surface area contributed by atoms with Gasteiger partial charge in [-0.1, -0.05) is 0 Å². The molecule has 1 heterocycles. The Morgan fingerprint density at radius 1 is 1.18 bits per heavy atom. The summed E-state index contributed by atoms with van der Waals surface area (Å²) in [5, 5.41) is 0. The van der Waals surface area contributed by atoms with Crippen LogP contribution in [0.25, 0.3) is 0 Å². The number of piperazine rings is 1. The Labute approximate surface area is 101 Å². The quantitative estimate of drug-likeness (QED) is 0.550. The van der Waals surface area contributed by atoms with E-state index < -0.39 is 0 Å². The van der Waals surface area contributed by atoms with E-state index in [1.54, 1.807) is 7.11 Å². The molecule has 1 aromatic carbocycles. The highest BCUT2D eigenvalue weighted by Crippen LogP contribution is 2.19. The number of hydrogen-bond donors (Lipinski definition) is 2. The van der Waals surface area contributed by atoms with Crippen molar-refractivity contribution in [2.75, 3.05) is 38.2 Å². The first kappa shape index (κ1) is 11.6. The van der Waals surface area contributed by atoms with Gasteiger partial charge in [0, 0.05) is 18.8 Å². The average molecular weight is 235 g/mol. The standard InChI is InChI=1S/C12H18N4O/c1-17-11-4-2-10(3-5-11)15-6-8-16(9-7-15)12(13)14/h2-5H,6-9H2,1H3,(H3,13,14)/p+1. The predicted octanol–water partition coefficient (Wildman–Crippen LogP) is -0.199. The Morgan fingerprint density at radius 2 is 1.76 bits per heavy atom. The van der Waals surface area contributed by atoms with Crippen LogP contribution in [0.2, 0.25) is 0 Å². The van der Waals surface area contributed by atoms with E-state index in [2.05, 4.69) is 17.0 Å². The van der Waals surface area contributed by atoms with Crippen LogP contribution in [0.15, 0.2) is 24.3 Å². The van der Waals surface area contributed by atoms with Crippen LogP contribution in [0.3, 0.4) is 0 Å². The lowest BCUT2D eigenvalue weighted by Gasteiger charge is -2.30. The molecule has 0 atom stereocenters. The molecule has 1 aliphatic rings. The summed E-state index contributed by atoms with van der Waals surface area (Å²) in [5.41, 5.74) is 12.4. The Kier molecular flexibility index (Phi) is 3.37. The van der Waals surface area contributed by atoms with Gasteiger partial charge in [-0.25, -0.2) is 0 Å². The van der Waals surface area contributed by atoms with Crippen molar-refractivity contribution < 1.29 is 9.31 Å².